The Labute approximate surface area is 158 Å². The number of fused-ring (bicyclic) bond motifs is 1. The van der Waals surface area contributed by atoms with E-state index in [0.717, 1.165) is 40.7 Å². The van der Waals surface area contributed by atoms with Gasteiger partial charge in [-0.2, -0.15) is 0 Å². The maximum Gasteiger partial charge on any atom is 0.247 e. The molecule has 0 radical (unpaired) electrons. The molecule has 0 spiro atoms. The fourth-order valence-corrected chi connectivity index (χ4v) is 3.76. The van der Waals surface area contributed by atoms with Crippen molar-refractivity contribution in [3.63, 3.8) is 0 Å². The second-order valence-corrected chi connectivity index (χ2v) is 6.94. The first kappa shape index (κ1) is 17.3. The number of aromatic amines is 1. The lowest BCUT2D eigenvalue weighted by atomic mass is 10.1. The maximum absolute atomic E-state index is 12.7. The number of H-pyrrole nitrogens is 1. The highest BCUT2D eigenvalue weighted by Gasteiger charge is 2.33. The molecule has 1 saturated heterocycles. The van der Waals surface area contributed by atoms with Crippen LogP contribution in [0.1, 0.15) is 26.2 Å². The fourth-order valence-electron chi connectivity index (χ4n) is 3.76. The van der Waals surface area contributed by atoms with E-state index in [-0.39, 0.29) is 17.9 Å². The summed E-state index contributed by atoms with van der Waals surface area (Å²) in [6.45, 7) is 2.50. The quantitative estimate of drug-likeness (QED) is 0.732. The molecule has 1 atom stereocenters. The molecule has 138 valence electrons. The smallest absolute Gasteiger partial charge is 0.247 e. The van der Waals surface area contributed by atoms with Crippen LogP contribution in [0.4, 0.5) is 5.69 Å². The number of para-hydroxylation sites is 1. The lowest BCUT2D eigenvalue weighted by molar-refractivity contribution is -0.136. The lowest BCUT2D eigenvalue weighted by Gasteiger charge is -2.23. The summed E-state index contributed by atoms with van der Waals surface area (Å²) in [5.41, 5.74) is 3.85. The topological polar surface area (TPSA) is 65.2 Å². The number of rotatable bonds is 4. The van der Waals surface area contributed by atoms with E-state index in [2.05, 4.69) is 22.4 Å². The summed E-state index contributed by atoms with van der Waals surface area (Å²) < 4.78 is 0. The standard InChI is InChI=1S/C22H23N3O2/c1-2-21(26)25-12-6-11-20(25)22(27)23-17-9-5-8-15(13-17)19-14-16-7-3-4-10-18(16)24-19/h3-5,7-10,13-14,20,24H,2,6,11-12H2,1H3,(H,23,27)/t20-/m0/s1. The molecule has 1 aliphatic rings. The Morgan fingerprint density at radius 1 is 1.15 bits per heavy atom. The molecule has 5 heteroatoms. The lowest BCUT2D eigenvalue weighted by Crippen LogP contribution is -2.42. The van der Waals surface area contributed by atoms with Gasteiger partial charge in [0.05, 0.1) is 0 Å². The van der Waals surface area contributed by atoms with Gasteiger partial charge in [0.25, 0.3) is 0 Å². The first-order valence-corrected chi connectivity index (χ1v) is 9.44. The molecule has 2 heterocycles. The number of nitrogens with zero attached hydrogens (tertiary/aromatic N) is 1. The van der Waals surface area contributed by atoms with Crippen LogP contribution >= 0.6 is 0 Å². The minimum atomic E-state index is -0.366. The summed E-state index contributed by atoms with van der Waals surface area (Å²) >= 11 is 0. The van der Waals surface area contributed by atoms with Crippen LogP contribution in [0.5, 0.6) is 0 Å². The van der Waals surface area contributed by atoms with Gasteiger partial charge < -0.3 is 15.2 Å². The van der Waals surface area contributed by atoms with Crippen LogP contribution in [-0.2, 0) is 9.59 Å². The van der Waals surface area contributed by atoms with Gasteiger partial charge in [-0.25, -0.2) is 0 Å². The minimum Gasteiger partial charge on any atom is -0.355 e. The third-order valence-corrected chi connectivity index (χ3v) is 5.15. The highest BCUT2D eigenvalue weighted by atomic mass is 16.2. The van der Waals surface area contributed by atoms with Crippen molar-refractivity contribution in [3.8, 4) is 11.3 Å². The van der Waals surface area contributed by atoms with Crippen LogP contribution in [-0.4, -0.2) is 34.3 Å². The Balaban J connectivity index is 1.54. The Hall–Kier alpha value is -3.08. The van der Waals surface area contributed by atoms with Crippen molar-refractivity contribution in [2.45, 2.75) is 32.2 Å². The van der Waals surface area contributed by atoms with Crippen molar-refractivity contribution in [2.24, 2.45) is 0 Å². The van der Waals surface area contributed by atoms with E-state index >= 15 is 0 Å². The average Bonchev–Trinajstić information content (AvgIpc) is 3.34. The Morgan fingerprint density at radius 3 is 2.81 bits per heavy atom. The number of nitrogens with one attached hydrogen (secondary N) is 2. The highest BCUT2D eigenvalue weighted by molar-refractivity contribution is 5.98. The number of carbonyl (C=O) groups is 2. The van der Waals surface area contributed by atoms with Gasteiger partial charge in [0, 0.05) is 40.8 Å². The molecule has 4 rings (SSSR count). The molecule has 1 fully saturated rings. The normalized spacial score (nSPS) is 16.6. The molecule has 0 aliphatic carbocycles. The fraction of sp³-hybridized carbons (Fsp3) is 0.273. The van der Waals surface area contributed by atoms with E-state index in [1.165, 1.54) is 0 Å². The summed E-state index contributed by atoms with van der Waals surface area (Å²) in [7, 11) is 0. The molecule has 0 bridgehead atoms. The molecule has 1 aliphatic heterocycles. The summed E-state index contributed by atoms with van der Waals surface area (Å²) in [5.74, 6) is -0.0671. The number of likely N-dealkylation sites (tertiary alicyclic amines) is 1. The first-order chi connectivity index (χ1) is 13.2. The van der Waals surface area contributed by atoms with E-state index in [4.69, 9.17) is 0 Å². The van der Waals surface area contributed by atoms with Gasteiger partial charge in [-0.05, 0) is 37.1 Å². The maximum atomic E-state index is 12.7. The highest BCUT2D eigenvalue weighted by Crippen LogP contribution is 2.27. The van der Waals surface area contributed by atoms with Gasteiger partial charge in [0.15, 0.2) is 0 Å². The Bertz CT molecular complexity index is 959. The number of carbonyl (C=O) groups excluding carboxylic acids is 2. The number of aromatic nitrogens is 1. The summed E-state index contributed by atoms with van der Waals surface area (Å²) in [4.78, 5) is 29.9. The molecule has 2 amide bonds. The van der Waals surface area contributed by atoms with Crippen molar-refractivity contribution in [2.75, 3.05) is 11.9 Å². The molecular weight excluding hydrogens is 338 g/mol. The van der Waals surface area contributed by atoms with Crippen LogP contribution in [0.15, 0.2) is 54.6 Å². The van der Waals surface area contributed by atoms with Gasteiger partial charge in [-0.3, -0.25) is 9.59 Å². The van der Waals surface area contributed by atoms with Crippen molar-refractivity contribution in [3.05, 3.63) is 54.6 Å². The Morgan fingerprint density at radius 2 is 2.00 bits per heavy atom. The molecule has 1 aromatic heterocycles. The van der Waals surface area contributed by atoms with Gasteiger partial charge in [-0.1, -0.05) is 37.3 Å². The minimum absolute atomic E-state index is 0.0412. The predicted octanol–water partition coefficient (Wildman–Crippen LogP) is 4.17. The molecular formula is C22H23N3O2. The number of anilines is 1. The van der Waals surface area contributed by atoms with Crippen molar-refractivity contribution in [1.29, 1.82) is 0 Å². The van der Waals surface area contributed by atoms with Gasteiger partial charge in [0.2, 0.25) is 11.8 Å². The second kappa shape index (κ2) is 7.27. The zero-order valence-corrected chi connectivity index (χ0v) is 15.4. The van der Waals surface area contributed by atoms with Crippen molar-refractivity contribution < 1.29 is 9.59 Å². The Kier molecular flexibility index (Phi) is 4.67. The van der Waals surface area contributed by atoms with Crippen molar-refractivity contribution in [1.82, 2.24) is 9.88 Å². The van der Waals surface area contributed by atoms with E-state index in [0.29, 0.717) is 13.0 Å². The molecule has 27 heavy (non-hydrogen) atoms. The largest absolute Gasteiger partial charge is 0.355 e. The van der Waals surface area contributed by atoms with Gasteiger partial charge in [0.1, 0.15) is 6.04 Å². The molecule has 0 unspecified atom stereocenters. The number of benzene rings is 2. The zero-order chi connectivity index (χ0) is 18.8. The molecule has 5 nitrogen and oxygen atoms in total. The first-order valence-electron chi connectivity index (χ1n) is 9.44. The average molecular weight is 361 g/mol. The van der Waals surface area contributed by atoms with Crippen LogP contribution < -0.4 is 5.32 Å². The SMILES string of the molecule is CCC(=O)N1CCC[C@H]1C(=O)Nc1cccc(-c2cc3ccccc3[nH]2)c1. The van der Waals surface area contributed by atoms with Crippen molar-refractivity contribution >= 4 is 28.4 Å². The van der Waals surface area contributed by atoms with E-state index in [1.807, 2.05) is 49.4 Å². The van der Waals surface area contributed by atoms with Crippen LogP contribution in [0.25, 0.3) is 22.2 Å². The van der Waals surface area contributed by atoms with Gasteiger partial charge >= 0.3 is 0 Å². The number of hydrogen-bond acceptors (Lipinski definition) is 2. The summed E-state index contributed by atoms with van der Waals surface area (Å²) in [6.07, 6.45) is 2.03. The van der Waals surface area contributed by atoms with E-state index in [1.54, 1.807) is 4.90 Å². The predicted molar refractivity (Wildman–Crippen MR) is 107 cm³/mol. The zero-order valence-electron chi connectivity index (χ0n) is 15.4. The third kappa shape index (κ3) is 3.45. The van der Waals surface area contributed by atoms with Crippen LogP contribution in [0.2, 0.25) is 0 Å². The molecule has 3 aromatic rings. The molecule has 2 N–H and O–H groups in total. The summed E-state index contributed by atoms with van der Waals surface area (Å²) in [6, 6.07) is 17.7. The molecule has 2 aromatic carbocycles. The van der Waals surface area contributed by atoms with E-state index in [9.17, 15) is 9.59 Å². The molecule has 0 saturated carbocycles. The third-order valence-electron chi connectivity index (χ3n) is 5.15. The summed E-state index contributed by atoms with van der Waals surface area (Å²) in [5, 5.41) is 4.14. The second-order valence-electron chi connectivity index (χ2n) is 6.94. The van der Waals surface area contributed by atoms with Crippen LogP contribution in [0, 0.1) is 0 Å². The van der Waals surface area contributed by atoms with Gasteiger partial charge in [-0.15, -0.1) is 0 Å². The van der Waals surface area contributed by atoms with Crippen LogP contribution in [0.3, 0.4) is 0 Å². The number of hydrogen-bond donors (Lipinski definition) is 2. The van der Waals surface area contributed by atoms with E-state index < -0.39 is 0 Å². The monoisotopic (exact) mass is 361 g/mol. The number of amides is 2.